The van der Waals surface area contributed by atoms with Crippen molar-refractivity contribution in [3.8, 4) is 0 Å². The van der Waals surface area contributed by atoms with Crippen LogP contribution in [0.5, 0.6) is 0 Å². The molecule has 0 bridgehead atoms. The zero-order valence-corrected chi connectivity index (χ0v) is 11.2. The quantitative estimate of drug-likeness (QED) is 0.505. The van der Waals surface area contributed by atoms with Gasteiger partial charge in [-0.3, -0.25) is 5.41 Å². The van der Waals surface area contributed by atoms with Crippen LogP contribution in [0.25, 0.3) is 0 Å². The first-order valence-corrected chi connectivity index (χ1v) is 6.71. The lowest BCUT2D eigenvalue weighted by Gasteiger charge is -2.36. The highest BCUT2D eigenvalue weighted by Crippen LogP contribution is 2.28. The Balaban J connectivity index is 2.01. The molecule has 5 N–H and O–H groups in total. The summed E-state index contributed by atoms with van der Waals surface area (Å²) >= 11 is 0. The van der Waals surface area contributed by atoms with E-state index in [2.05, 4.69) is 10.6 Å². The molecule has 0 atom stereocenters. The standard InChI is InChI=1S/C14H19FN4O/c15-10-4-6-11(7-5-10)18-13(20)19-14(12(16)17)8-2-1-3-9-14/h4-7H,1-3,8-9H2,(H3,16,17)(H2,18,19,20). The fourth-order valence-electron chi connectivity index (χ4n) is 2.53. The fourth-order valence-corrected chi connectivity index (χ4v) is 2.53. The minimum Gasteiger partial charge on any atom is -0.386 e. The predicted molar refractivity (Wildman–Crippen MR) is 76.3 cm³/mol. The van der Waals surface area contributed by atoms with Gasteiger partial charge in [-0.15, -0.1) is 0 Å². The molecule has 1 saturated carbocycles. The van der Waals surface area contributed by atoms with E-state index < -0.39 is 11.6 Å². The second-order valence-electron chi connectivity index (χ2n) is 5.14. The lowest BCUT2D eigenvalue weighted by Crippen LogP contribution is -2.59. The number of hydrogen-bond donors (Lipinski definition) is 4. The molecule has 0 saturated heterocycles. The Labute approximate surface area is 117 Å². The summed E-state index contributed by atoms with van der Waals surface area (Å²) in [7, 11) is 0. The number of carbonyl (C=O) groups excluding carboxylic acids is 1. The van der Waals surface area contributed by atoms with Crippen molar-refractivity contribution in [1.29, 1.82) is 5.41 Å². The van der Waals surface area contributed by atoms with Crippen molar-refractivity contribution in [3.63, 3.8) is 0 Å². The fraction of sp³-hybridized carbons (Fsp3) is 0.429. The number of amides is 2. The Morgan fingerprint density at radius 1 is 1.20 bits per heavy atom. The summed E-state index contributed by atoms with van der Waals surface area (Å²) in [5, 5.41) is 13.2. The van der Waals surface area contributed by atoms with Gasteiger partial charge in [-0.1, -0.05) is 19.3 Å². The van der Waals surface area contributed by atoms with Crippen LogP contribution in [-0.2, 0) is 0 Å². The molecular weight excluding hydrogens is 259 g/mol. The molecule has 0 spiro atoms. The first-order valence-electron chi connectivity index (χ1n) is 6.71. The second kappa shape index (κ2) is 5.90. The third kappa shape index (κ3) is 3.26. The monoisotopic (exact) mass is 278 g/mol. The summed E-state index contributed by atoms with van der Waals surface area (Å²) in [5.41, 5.74) is 5.41. The van der Waals surface area contributed by atoms with E-state index in [0.717, 1.165) is 19.3 Å². The maximum Gasteiger partial charge on any atom is 0.320 e. The summed E-state index contributed by atoms with van der Waals surface area (Å²) in [6.45, 7) is 0. The molecule has 1 aliphatic carbocycles. The van der Waals surface area contributed by atoms with E-state index in [1.165, 1.54) is 24.3 Å². The molecule has 20 heavy (non-hydrogen) atoms. The molecule has 2 amide bonds. The molecule has 2 rings (SSSR count). The number of hydrogen-bond acceptors (Lipinski definition) is 2. The van der Waals surface area contributed by atoms with Gasteiger partial charge >= 0.3 is 6.03 Å². The molecule has 0 aliphatic heterocycles. The van der Waals surface area contributed by atoms with Crippen LogP contribution in [0.4, 0.5) is 14.9 Å². The summed E-state index contributed by atoms with van der Waals surface area (Å²) in [6, 6.07) is 5.09. The lowest BCUT2D eigenvalue weighted by atomic mass is 9.81. The summed E-state index contributed by atoms with van der Waals surface area (Å²) in [5.74, 6) is -0.366. The topological polar surface area (TPSA) is 91.0 Å². The van der Waals surface area contributed by atoms with E-state index in [1.54, 1.807) is 0 Å². The van der Waals surface area contributed by atoms with Crippen LogP contribution in [-0.4, -0.2) is 17.4 Å². The zero-order chi connectivity index (χ0) is 14.6. The summed E-state index contributed by atoms with van der Waals surface area (Å²) in [6.07, 6.45) is 4.33. The second-order valence-corrected chi connectivity index (χ2v) is 5.14. The smallest absolute Gasteiger partial charge is 0.320 e. The summed E-state index contributed by atoms with van der Waals surface area (Å²) in [4.78, 5) is 12.0. The van der Waals surface area contributed by atoms with Crippen LogP contribution in [0.2, 0.25) is 0 Å². The molecule has 5 nitrogen and oxygen atoms in total. The van der Waals surface area contributed by atoms with Crippen LogP contribution in [0.3, 0.4) is 0 Å². The van der Waals surface area contributed by atoms with Crippen molar-refractivity contribution in [2.45, 2.75) is 37.6 Å². The number of urea groups is 1. The maximum absolute atomic E-state index is 12.8. The summed E-state index contributed by atoms with van der Waals surface area (Å²) < 4.78 is 12.8. The van der Waals surface area contributed by atoms with Crippen LogP contribution in [0.15, 0.2) is 24.3 Å². The normalized spacial score (nSPS) is 17.2. The van der Waals surface area contributed by atoms with Gasteiger partial charge in [0.15, 0.2) is 0 Å². The van der Waals surface area contributed by atoms with Crippen molar-refractivity contribution >= 4 is 17.6 Å². The Morgan fingerprint density at radius 3 is 2.35 bits per heavy atom. The Bertz CT molecular complexity index is 494. The van der Waals surface area contributed by atoms with Crippen molar-refractivity contribution in [2.75, 3.05) is 5.32 Å². The largest absolute Gasteiger partial charge is 0.386 e. The molecule has 0 radical (unpaired) electrons. The van der Waals surface area contributed by atoms with E-state index in [4.69, 9.17) is 11.1 Å². The number of halogens is 1. The van der Waals surface area contributed by atoms with E-state index >= 15 is 0 Å². The first kappa shape index (κ1) is 14.3. The highest BCUT2D eigenvalue weighted by atomic mass is 19.1. The molecule has 1 fully saturated rings. The van der Waals surface area contributed by atoms with Gasteiger partial charge in [0.1, 0.15) is 11.7 Å². The maximum atomic E-state index is 12.8. The first-order chi connectivity index (χ1) is 9.52. The molecule has 1 aromatic carbocycles. The van der Waals surface area contributed by atoms with Crippen molar-refractivity contribution in [1.82, 2.24) is 5.32 Å². The van der Waals surface area contributed by atoms with Gasteiger partial charge in [0.2, 0.25) is 0 Å². The van der Waals surface area contributed by atoms with E-state index in [0.29, 0.717) is 18.5 Å². The van der Waals surface area contributed by atoms with E-state index in [1.807, 2.05) is 0 Å². The third-order valence-corrected chi connectivity index (χ3v) is 3.68. The number of amidine groups is 1. The molecule has 1 aliphatic rings. The predicted octanol–water partition coefficient (Wildman–Crippen LogP) is 2.59. The molecular formula is C14H19FN4O. The van der Waals surface area contributed by atoms with Crippen LogP contribution in [0.1, 0.15) is 32.1 Å². The van der Waals surface area contributed by atoms with Crippen molar-refractivity contribution in [3.05, 3.63) is 30.1 Å². The number of nitrogens with two attached hydrogens (primary N) is 1. The van der Waals surface area contributed by atoms with Crippen molar-refractivity contribution in [2.24, 2.45) is 5.73 Å². The molecule has 0 unspecified atom stereocenters. The number of anilines is 1. The Hall–Kier alpha value is -2.11. The van der Waals surface area contributed by atoms with Gasteiger partial charge in [0.05, 0.1) is 5.54 Å². The third-order valence-electron chi connectivity index (χ3n) is 3.68. The lowest BCUT2D eigenvalue weighted by molar-refractivity contribution is 0.235. The highest BCUT2D eigenvalue weighted by Gasteiger charge is 2.36. The van der Waals surface area contributed by atoms with Gasteiger partial charge in [0.25, 0.3) is 0 Å². The highest BCUT2D eigenvalue weighted by molar-refractivity contribution is 5.96. The number of carbonyl (C=O) groups is 1. The van der Waals surface area contributed by atoms with Gasteiger partial charge in [-0.2, -0.15) is 0 Å². The average molecular weight is 278 g/mol. The molecule has 6 heteroatoms. The van der Waals surface area contributed by atoms with Crippen molar-refractivity contribution < 1.29 is 9.18 Å². The van der Waals surface area contributed by atoms with E-state index in [-0.39, 0.29) is 11.7 Å². The molecule has 108 valence electrons. The van der Waals surface area contributed by atoms with Crippen LogP contribution in [0, 0.1) is 11.2 Å². The molecule has 0 aromatic heterocycles. The van der Waals surface area contributed by atoms with Gasteiger partial charge in [-0.05, 0) is 37.1 Å². The zero-order valence-electron chi connectivity index (χ0n) is 11.2. The Morgan fingerprint density at radius 2 is 1.80 bits per heavy atom. The van der Waals surface area contributed by atoms with Gasteiger partial charge in [-0.25, -0.2) is 9.18 Å². The molecule has 0 heterocycles. The minimum atomic E-state index is -0.748. The Kier molecular flexibility index (Phi) is 4.22. The van der Waals surface area contributed by atoms with Gasteiger partial charge < -0.3 is 16.4 Å². The molecule has 1 aromatic rings. The SMILES string of the molecule is N=C(N)C1(NC(=O)Nc2ccc(F)cc2)CCCCC1. The number of nitrogens with one attached hydrogen (secondary N) is 3. The minimum absolute atomic E-state index is 0.00791. The van der Waals surface area contributed by atoms with E-state index in [9.17, 15) is 9.18 Å². The van der Waals surface area contributed by atoms with Crippen LogP contribution < -0.4 is 16.4 Å². The van der Waals surface area contributed by atoms with Gasteiger partial charge in [0, 0.05) is 5.69 Å². The van der Waals surface area contributed by atoms with Crippen LogP contribution >= 0.6 is 0 Å². The number of rotatable bonds is 3. The average Bonchev–Trinajstić information content (AvgIpc) is 2.42. The number of benzene rings is 1.